The van der Waals surface area contributed by atoms with E-state index in [1.807, 2.05) is 0 Å². The van der Waals surface area contributed by atoms with Crippen molar-refractivity contribution in [3.8, 4) is 5.75 Å². The van der Waals surface area contributed by atoms with Crippen molar-refractivity contribution in [3.63, 3.8) is 0 Å². The Morgan fingerprint density at radius 2 is 1.36 bits per heavy atom. The van der Waals surface area contributed by atoms with Crippen LogP contribution in [0.2, 0.25) is 0 Å². The summed E-state index contributed by atoms with van der Waals surface area (Å²) in [6, 6.07) is 16.0. The van der Waals surface area contributed by atoms with Crippen molar-refractivity contribution in [2.75, 3.05) is 23.6 Å². The number of hydrogen-bond acceptors (Lipinski definition) is 6. The molecule has 0 fully saturated rings. The summed E-state index contributed by atoms with van der Waals surface area (Å²) in [7, 11) is -5.17. The van der Waals surface area contributed by atoms with Crippen molar-refractivity contribution < 1.29 is 26.4 Å². The van der Waals surface area contributed by atoms with Gasteiger partial charge in [0.05, 0.1) is 28.3 Å². The summed E-state index contributed by atoms with van der Waals surface area (Å²) in [6.45, 7) is 1.65. The Morgan fingerprint density at radius 1 is 0.788 bits per heavy atom. The second-order valence-corrected chi connectivity index (χ2v) is 10.4. The number of carbonyl (C=O) groups excluding carboxylic acids is 1. The zero-order valence-corrected chi connectivity index (χ0v) is 19.7. The monoisotopic (exact) mass is 489 g/mol. The third kappa shape index (κ3) is 5.44. The van der Waals surface area contributed by atoms with Gasteiger partial charge >= 0.3 is 0 Å². The van der Waals surface area contributed by atoms with Gasteiger partial charge in [-0.15, -0.1) is 0 Å². The lowest BCUT2D eigenvalue weighted by Crippen LogP contribution is -2.18. The zero-order valence-electron chi connectivity index (χ0n) is 18.1. The largest absolute Gasteiger partial charge is 0.495 e. The molecule has 3 rings (SSSR count). The quantitative estimate of drug-likeness (QED) is 0.446. The second-order valence-electron chi connectivity index (χ2n) is 6.99. The van der Waals surface area contributed by atoms with E-state index < -0.39 is 20.0 Å². The Kier molecular flexibility index (Phi) is 6.94. The predicted octanol–water partition coefficient (Wildman–Crippen LogP) is 2.96. The molecule has 0 bridgehead atoms. The molecule has 0 heterocycles. The average molecular weight is 490 g/mol. The molecule has 174 valence electrons. The van der Waals surface area contributed by atoms with Crippen LogP contribution in [0.15, 0.2) is 76.5 Å². The highest BCUT2D eigenvalue weighted by atomic mass is 32.2. The molecule has 0 aromatic heterocycles. The number of anilines is 2. The third-order valence-corrected chi connectivity index (χ3v) is 7.51. The van der Waals surface area contributed by atoms with Crippen molar-refractivity contribution in [2.24, 2.45) is 0 Å². The molecule has 0 aliphatic carbocycles. The van der Waals surface area contributed by atoms with Gasteiger partial charge in [0.2, 0.25) is 0 Å². The van der Waals surface area contributed by atoms with Gasteiger partial charge in [0.25, 0.3) is 26.0 Å². The van der Waals surface area contributed by atoms with Crippen LogP contribution in [-0.4, -0.2) is 36.9 Å². The molecule has 0 saturated heterocycles. The van der Waals surface area contributed by atoms with Gasteiger partial charge in [0, 0.05) is 12.6 Å². The Labute approximate surface area is 192 Å². The number of sulfonamides is 2. The summed E-state index contributed by atoms with van der Waals surface area (Å²) in [5, 5.41) is 2.46. The van der Waals surface area contributed by atoms with Crippen LogP contribution in [0.25, 0.3) is 0 Å². The first-order chi connectivity index (χ1) is 15.6. The second kappa shape index (κ2) is 9.51. The summed E-state index contributed by atoms with van der Waals surface area (Å²) >= 11 is 0. The average Bonchev–Trinajstić information content (AvgIpc) is 2.80. The highest BCUT2D eigenvalue weighted by Crippen LogP contribution is 2.28. The molecule has 0 atom stereocenters. The molecule has 11 heteroatoms. The van der Waals surface area contributed by atoms with Crippen LogP contribution in [0.5, 0.6) is 5.75 Å². The van der Waals surface area contributed by atoms with Crippen molar-refractivity contribution in [1.29, 1.82) is 0 Å². The number of methoxy groups -OCH3 is 1. The van der Waals surface area contributed by atoms with Crippen LogP contribution in [0.3, 0.4) is 0 Å². The van der Waals surface area contributed by atoms with Crippen LogP contribution < -0.4 is 19.5 Å². The van der Waals surface area contributed by atoms with Gasteiger partial charge in [-0.3, -0.25) is 14.2 Å². The van der Waals surface area contributed by atoms with Gasteiger partial charge in [-0.05, 0) is 61.0 Å². The summed E-state index contributed by atoms with van der Waals surface area (Å²) in [6.07, 6.45) is 0. The number of amides is 1. The van der Waals surface area contributed by atoms with Crippen LogP contribution in [0.1, 0.15) is 15.9 Å². The first-order valence-electron chi connectivity index (χ1n) is 9.69. The Morgan fingerprint density at radius 3 is 2.00 bits per heavy atom. The standard InChI is InChI=1S/C22H23N3O6S2/c1-15-8-11-18(33(29,30)24-19-6-4-5-7-21(19)31-3)14-20(15)25-32(27,28)17-12-9-16(10-13-17)22(26)23-2/h4-14,24-25H,1-3H3,(H,23,26). The van der Waals surface area contributed by atoms with E-state index >= 15 is 0 Å². The fraction of sp³-hybridized carbons (Fsp3) is 0.136. The lowest BCUT2D eigenvalue weighted by Gasteiger charge is -2.15. The molecule has 3 aromatic carbocycles. The van der Waals surface area contributed by atoms with Gasteiger partial charge < -0.3 is 10.1 Å². The Hall–Kier alpha value is -3.57. The summed E-state index contributed by atoms with van der Waals surface area (Å²) in [5.74, 6) is -0.00230. The molecule has 33 heavy (non-hydrogen) atoms. The first kappa shape index (κ1) is 24.1. The molecule has 0 saturated carbocycles. The molecule has 0 aliphatic heterocycles. The molecule has 1 amide bonds. The lowest BCUT2D eigenvalue weighted by atomic mass is 10.2. The summed E-state index contributed by atoms with van der Waals surface area (Å²) < 4.78 is 61.6. The number of nitrogens with one attached hydrogen (secondary N) is 3. The van der Waals surface area contributed by atoms with Crippen molar-refractivity contribution in [2.45, 2.75) is 16.7 Å². The highest BCUT2D eigenvalue weighted by Gasteiger charge is 2.21. The fourth-order valence-electron chi connectivity index (χ4n) is 2.94. The topological polar surface area (TPSA) is 131 Å². The molecule has 9 nitrogen and oxygen atoms in total. The van der Waals surface area contributed by atoms with Crippen molar-refractivity contribution >= 4 is 37.3 Å². The van der Waals surface area contributed by atoms with E-state index in [4.69, 9.17) is 4.74 Å². The van der Waals surface area contributed by atoms with Gasteiger partial charge in [-0.1, -0.05) is 18.2 Å². The van der Waals surface area contributed by atoms with E-state index in [1.165, 1.54) is 56.6 Å². The molecule has 0 unspecified atom stereocenters. The number of para-hydroxylation sites is 2. The zero-order chi connectivity index (χ0) is 24.2. The van der Waals surface area contributed by atoms with Crippen LogP contribution in [0, 0.1) is 6.92 Å². The van der Waals surface area contributed by atoms with E-state index in [1.54, 1.807) is 31.2 Å². The predicted molar refractivity (Wildman–Crippen MR) is 126 cm³/mol. The van der Waals surface area contributed by atoms with Gasteiger partial charge in [-0.2, -0.15) is 0 Å². The van der Waals surface area contributed by atoms with Gasteiger partial charge in [0.15, 0.2) is 0 Å². The maximum absolute atomic E-state index is 12.9. The number of benzene rings is 3. The maximum atomic E-state index is 12.9. The maximum Gasteiger partial charge on any atom is 0.262 e. The number of hydrogen-bond donors (Lipinski definition) is 3. The molecule has 0 radical (unpaired) electrons. The van der Waals surface area contributed by atoms with E-state index in [2.05, 4.69) is 14.8 Å². The van der Waals surface area contributed by atoms with Crippen molar-refractivity contribution in [1.82, 2.24) is 5.32 Å². The normalized spacial score (nSPS) is 11.5. The van der Waals surface area contributed by atoms with Crippen molar-refractivity contribution in [3.05, 3.63) is 77.9 Å². The molecule has 0 spiro atoms. The van der Waals surface area contributed by atoms with Crippen LogP contribution in [0.4, 0.5) is 11.4 Å². The smallest absolute Gasteiger partial charge is 0.262 e. The highest BCUT2D eigenvalue weighted by molar-refractivity contribution is 7.93. The first-order valence-corrected chi connectivity index (χ1v) is 12.7. The fourth-order valence-corrected chi connectivity index (χ4v) is 5.16. The summed E-state index contributed by atoms with van der Waals surface area (Å²) in [4.78, 5) is 11.5. The number of aryl methyl sites for hydroxylation is 1. The molecule has 3 aromatic rings. The Balaban J connectivity index is 1.90. The molecular weight excluding hydrogens is 466 g/mol. The van der Waals surface area contributed by atoms with E-state index in [0.29, 0.717) is 16.9 Å². The number of ether oxygens (including phenoxy) is 1. The van der Waals surface area contributed by atoms with Crippen LogP contribution >= 0.6 is 0 Å². The molecule has 3 N–H and O–H groups in total. The molecule has 0 aliphatic rings. The van der Waals surface area contributed by atoms with E-state index in [-0.39, 0.29) is 27.1 Å². The third-order valence-electron chi connectivity index (χ3n) is 4.77. The Bertz CT molecular complexity index is 1390. The minimum absolute atomic E-state index is 0.0741. The van der Waals surface area contributed by atoms with Crippen LogP contribution in [-0.2, 0) is 20.0 Å². The lowest BCUT2D eigenvalue weighted by molar-refractivity contribution is 0.0963. The summed E-state index contributed by atoms with van der Waals surface area (Å²) in [5.41, 5.74) is 1.19. The SMILES string of the molecule is CNC(=O)c1ccc(S(=O)(=O)Nc2cc(S(=O)(=O)Nc3ccccc3OC)ccc2C)cc1. The number of rotatable bonds is 8. The minimum atomic E-state index is -4.03. The van der Waals surface area contributed by atoms with E-state index in [0.717, 1.165) is 0 Å². The van der Waals surface area contributed by atoms with Gasteiger partial charge in [0.1, 0.15) is 5.75 Å². The van der Waals surface area contributed by atoms with Gasteiger partial charge in [-0.25, -0.2) is 16.8 Å². The number of carbonyl (C=O) groups is 1. The molecular formula is C22H23N3O6S2. The van der Waals surface area contributed by atoms with E-state index in [9.17, 15) is 21.6 Å². The minimum Gasteiger partial charge on any atom is -0.495 e.